The molecule has 1 aliphatic rings. The Bertz CT molecular complexity index is 4130. The summed E-state index contributed by atoms with van der Waals surface area (Å²) in [7, 11) is 0. The number of aliphatic imine (C=N–C) groups is 1. The molecule has 3 nitrogen and oxygen atoms in total. The van der Waals surface area contributed by atoms with E-state index >= 15 is 0 Å². The number of fused-ring (bicyclic) bond motifs is 12. The zero-order valence-electron chi connectivity index (χ0n) is 38.3. The fourth-order valence-electron chi connectivity index (χ4n) is 12.0. The van der Waals surface area contributed by atoms with Gasteiger partial charge < -0.3 is 4.40 Å². The Morgan fingerprint density at radius 2 is 0.855 bits per heavy atom. The first-order valence-corrected chi connectivity index (χ1v) is 24.4. The van der Waals surface area contributed by atoms with E-state index in [1.54, 1.807) is 0 Å². The molecule has 3 heterocycles. The Hall–Kier alpha value is -8.37. The van der Waals surface area contributed by atoms with Gasteiger partial charge in [0.25, 0.3) is 0 Å². The van der Waals surface area contributed by atoms with Crippen molar-refractivity contribution in [2.24, 2.45) is 10.9 Å². The number of hydrogen-bond donors (Lipinski definition) is 1. The van der Waals surface area contributed by atoms with Crippen LogP contribution in [0, 0.1) is 5.92 Å². The second-order valence-corrected chi connectivity index (χ2v) is 18.8. The van der Waals surface area contributed by atoms with E-state index in [1.807, 2.05) is 0 Å². The lowest BCUT2D eigenvalue weighted by Crippen LogP contribution is -2.40. The summed E-state index contributed by atoms with van der Waals surface area (Å²) in [5.41, 5.74) is 15.8. The van der Waals surface area contributed by atoms with Crippen molar-refractivity contribution < 1.29 is 0 Å². The number of hydrogen-bond acceptors (Lipinski definition) is 2. The molecular weight excluding hydrogens is 835 g/mol. The van der Waals surface area contributed by atoms with E-state index in [0.717, 1.165) is 17.7 Å². The summed E-state index contributed by atoms with van der Waals surface area (Å²) in [5, 5.41) is 16.8. The van der Waals surface area contributed by atoms with E-state index in [4.69, 9.17) is 4.99 Å². The first-order chi connectivity index (χ1) is 34.2. The van der Waals surface area contributed by atoms with Crippen LogP contribution in [0.25, 0.3) is 104 Å². The maximum Gasteiger partial charge on any atom is 0.126 e. The van der Waals surface area contributed by atoms with E-state index in [9.17, 15) is 0 Å². The molecule has 326 valence electrons. The molecule has 0 saturated carbocycles. The van der Waals surface area contributed by atoms with Gasteiger partial charge in [0.15, 0.2) is 0 Å². The predicted molar refractivity (Wildman–Crippen MR) is 292 cm³/mol. The molecule has 0 bridgehead atoms. The Morgan fingerprint density at radius 3 is 1.43 bits per heavy atom. The molecule has 0 amide bonds. The summed E-state index contributed by atoms with van der Waals surface area (Å²) in [5.74, 6) is 0.0615. The van der Waals surface area contributed by atoms with Gasteiger partial charge in [0.05, 0.1) is 22.3 Å². The quantitative estimate of drug-likeness (QED) is 0.159. The Morgan fingerprint density at radius 1 is 0.391 bits per heavy atom. The standard InChI is InChI=1S/C66H47N3/c1-2-47-63(45-33-29-43(30-34-45)41-17-5-3-6-18-41)67-66(46-35-31-44(32-36-46)42-19-7-4-8-20-42)68-64(47)59-40-57-51-24-12-10-22-49(51)48-21-9-11-23-50(48)56(57)39-58(59)53-37-38-54-52-25-13-15-27-60(52)69-61-28-16-14-26-55(61)62(53)65(54)69/h3-40,47,63,66-67H,2H2,1H3. The van der Waals surface area contributed by atoms with Gasteiger partial charge in [-0.25, -0.2) is 0 Å². The van der Waals surface area contributed by atoms with Crippen LogP contribution >= 0.6 is 0 Å². The molecule has 13 aromatic rings. The normalized spacial score (nSPS) is 16.4. The Balaban J connectivity index is 1.06. The summed E-state index contributed by atoms with van der Waals surface area (Å²) in [6.07, 6.45) is 0.611. The summed E-state index contributed by atoms with van der Waals surface area (Å²) in [6, 6.07) is 85.3. The van der Waals surface area contributed by atoms with Gasteiger partial charge in [-0.15, -0.1) is 0 Å². The smallest absolute Gasteiger partial charge is 0.126 e. The van der Waals surface area contributed by atoms with Crippen molar-refractivity contribution in [3.63, 3.8) is 0 Å². The lowest BCUT2D eigenvalue weighted by molar-refractivity contribution is 0.358. The topological polar surface area (TPSA) is 28.8 Å². The van der Waals surface area contributed by atoms with Crippen LogP contribution < -0.4 is 5.32 Å². The van der Waals surface area contributed by atoms with Crippen LogP contribution in [0.1, 0.15) is 42.2 Å². The molecule has 0 saturated heterocycles. The van der Waals surface area contributed by atoms with Gasteiger partial charge in [-0.05, 0) is 108 Å². The monoisotopic (exact) mass is 881 g/mol. The predicted octanol–water partition coefficient (Wildman–Crippen LogP) is 17.2. The first-order valence-electron chi connectivity index (χ1n) is 24.4. The van der Waals surface area contributed by atoms with Crippen LogP contribution in [0.5, 0.6) is 0 Å². The number of aromatic nitrogens is 1. The van der Waals surface area contributed by atoms with Crippen LogP contribution in [-0.2, 0) is 0 Å². The van der Waals surface area contributed by atoms with Crippen LogP contribution in [0.2, 0.25) is 0 Å². The van der Waals surface area contributed by atoms with Gasteiger partial charge in [0, 0.05) is 39.1 Å². The number of nitrogens with zero attached hydrogens (tertiary/aromatic N) is 2. The minimum Gasteiger partial charge on any atom is -0.308 e. The van der Waals surface area contributed by atoms with Crippen molar-refractivity contribution in [3.8, 4) is 33.4 Å². The number of para-hydroxylation sites is 2. The van der Waals surface area contributed by atoms with E-state index < -0.39 is 0 Å². The average molecular weight is 882 g/mol. The van der Waals surface area contributed by atoms with E-state index in [-0.39, 0.29) is 18.1 Å². The van der Waals surface area contributed by atoms with Crippen LogP contribution in [0.4, 0.5) is 0 Å². The third-order valence-electron chi connectivity index (χ3n) is 15.2. The highest BCUT2D eigenvalue weighted by Crippen LogP contribution is 2.48. The van der Waals surface area contributed by atoms with Gasteiger partial charge in [0.1, 0.15) is 6.17 Å². The van der Waals surface area contributed by atoms with Crippen molar-refractivity contribution in [2.45, 2.75) is 25.6 Å². The van der Waals surface area contributed by atoms with Crippen LogP contribution in [0.15, 0.2) is 236 Å². The van der Waals surface area contributed by atoms with E-state index in [2.05, 4.69) is 247 Å². The van der Waals surface area contributed by atoms with Crippen molar-refractivity contribution in [3.05, 3.63) is 247 Å². The highest BCUT2D eigenvalue weighted by atomic mass is 15.1. The molecule has 1 N–H and O–H groups in total. The molecular formula is C66H47N3. The second kappa shape index (κ2) is 15.9. The molecule has 14 rings (SSSR count). The zero-order valence-corrected chi connectivity index (χ0v) is 38.3. The highest BCUT2D eigenvalue weighted by molar-refractivity contribution is 6.31. The fourth-order valence-corrected chi connectivity index (χ4v) is 12.0. The Kier molecular flexibility index (Phi) is 9.15. The average Bonchev–Trinajstić information content (AvgIpc) is 3.96. The maximum atomic E-state index is 5.96. The molecule has 69 heavy (non-hydrogen) atoms. The highest BCUT2D eigenvalue weighted by Gasteiger charge is 2.36. The lowest BCUT2D eigenvalue weighted by Gasteiger charge is -2.38. The van der Waals surface area contributed by atoms with Crippen LogP contribution in [-0.4, -0.2) is 10.1 Å². The summed E-state index contributed by atoms with van der Waals surface area (Å²) in [6.45, 7) is 2.34. The third kappa shape index (κ3) is 6.21. The minimum absolute atomic E-state index is 0.0103. The van der Waals surface area contributed by atoms with Crippen molar-refractivity contribution in [2.75, 3.05) is 0 Å². The lowest BCUT2D eigenvalue weighted by atomic mass is 9.78. The summed E-state index contributed by atoms with van der Waals surface area (Å²) in [4.78, 5) is 5.96. The number of nitrogens with one attached hydrogen (secondary N) is 1. The molecule has 0 aliphatic carbocycles. The van der Waals surface area contributed by atoms with Crippen molar-refractivity contribution in [1.82, 2.24) is 9.72 Å². The summed E-state index contributed by atoms with van der Waals surface area (Å²) >= 11 is 0. The van der Waals surface area contributed by atoms with Gasteiger partial charge in [-0.2, -0.15) is 0 Å². The Labute approximate surface area is 401 Å². The number of benzene rings is 11. The molecule has 3 unspecified atom stereocenters. The molecule has 1 aliphatic heterocycles. The van der Waals surface area contributed by atoms with Gasteiger partial charge in [-0.1, -0.05) is 213 Å². The fraction of sp³-hybridized carbons (Fsp3) is 0.0758. The third-order valence-corrected chi connectivity index (χ3v) is 15.2. The molecule has 11 aromatic carbocycles. The van der Waals surface area contributed by atoms with Crippen molar-refractivity contribution in [1.29, 1.82) is 0 Å². The van der Waals surface area contributed by atoms with Crippen molar-refractivity contribution >= 4 is 76.1 Å². The maximum absolute atomic E-state index is 5.96. The largest absolute Gasteiger partial charge is 0.308 e. The zero-order chi connectivity index (χ0) is 45.6. The second-order valence-electron chi connectivity index (χ2n) is 18.8. The molecule has 0 spiro atoms. The molecule has 3 atom stereocenters. The molecule has 0 radical (unpaired) electrons. The van der Waals surface area contributed by atoms with E-state index in [1.165, 1.54) is 115 Å². The number of rotatable bonds is 7. The van der Waals surface area contributed by atoms with Gasteiger partial charge in [0.2, 0.25) is 0 Å². The first kappa shape index (κ1) is 39.8. The summed E-state index contributed by atoms with van der Waals surface area (Å²) < 4.78 is 2.50. The minimum atomic E-state index is -0.288. The molecule has 3 heteroatoms. The molecule has 0 fully saturated rings. The van der Waals surface area contributed by atoms with Gasteiger partial charge in [-0.3, -0.25) is 10.3 Å². The van der Waals surface area contributed by atoms with Gasteiger partial charge >= 0.3 is 0 Å². The van der Waals surface area contributed by atoms with E-state index in [0.29, 0.717) is 0 Å². The van der Waals surface area contributed by atoms with Crippen LogP contribution in [0.3, 0.4) is 0 Å². The molecule has 2 aromatic heterocycles. The SMILES string of the molecule is CCC1C(c2cc3c4ccccc4c4ccccc4c3cc2-c2ccc3c4ccccc4n4c5ccccc5c2c34)=NC(c2ccc(-c3ccccc3)cc2)NC1c1ccc(-c2ccccc2)cc1.